The minimum atomic E-state index is 0.828. The second-order valence-corrected chi connectivity index (χ2v) is 5.23. The predicted octanol–water partition coefficient (Wildman–Crippen LogP) is 3.94. The molecular formula is C15H20N4S. The molecule has 0 bridgehead atoms. The Hall–Kier alpha value is -1.75. The number of aryl methyl sites for hydroxylation is 1. The molecule has 1 aromatic heterocycles. The van der Waals surface area contributed by atoms with Crippen molar-refractivity contribution in [2.45, 2.75) is 24.7 Å². The summed E-state index contributed by atoms with van der Waals surface area (Å²) in [5.41, 5.74) is 1.07. The highest BCUT2D eigenvalue weighted by molar-refractivity contribution is 7.98. The third kappa shape index (κ3) is 3.63. The number of benzene rings is 1. The molecule has 0 aliphatic carbocycles. The molecule has 106 valence electrons. The third-order valence-corrected chi connectivity index (χ3v) is 3.67. The molecular weight excluding hydrogens is 268 g/mol. The van der Waals surface area contributed by atoms with Crippen LogP contribution in [0.25, 0.3) is 0 Å². The molecule has 2 rings (SSSR count). The van der Waals surface area contributed by atoms with Crippen LogP contribution in [0.15, 0.2) is 35.2 Å². The van der Waals surface area contributed by atoms with Gasteiger partial charge in [0.15, 0.2) is 0 Å². The molecule has 2 N–H and O–H groups in total. The van der Waals surface area contributed by atoms with Crippen molar-refractivity contribution in [3.8, 4) is 0 Å². The topological polar surface area (TPSA) is 49.8 Å². The maximum Gasteiger partial charge on any atom is 0.136 e. The molecule has 0 atom stereocenters. The van der Waals surface area contributed by atoms with E-state index < -0.39 is 0 Å². The molecule has 5 heteroatoms. The first kappa shape index (κ1) is 14.7. The Morgan fingerprint density at radius 3 is 2.60 bits per heavy atom. The fraction of sp³-hybridized carbons (Fsp3) is 0.333. The minimum Gasteiger partial charge on any atom is -0.373 e. The molecule has 0 amide bonds. The number of hydrogen-bond acceptors (Lipinski definition) is 5. The van der Waals surface area contributed by atoms with E-state index in [2.05, 4.69) is 45.9 Å². The first-order valence-electron chi connectivity index (χ1n) is 6.72. The number of anilines is 3. The van der Waals surface area contributed by atoms with Gasteiger partial charge in [0.2, 0.25) is 0 Å². The Labute approximate surface area is 124 Å². The maximum absolute atomic E-state index is 4.57. The average molecular weight is 288 g/mol. The van der Waals surface area contributed by atoms with Gasteiger partial charge in [-0.2, -0.15) is 0 Å². The minimum absolute atomic E-state index is 0.828. The van der Waals surface area contributed by atoms with Crippen LogP contribution in [0.3, 0.4) is 0 Å². The summed E-state index contributed by atoms with van der Waals surface area (Å²) in [6.07, 6.45) is 3.99. The Bertz CT molecular complexity index is 572. The lowest BCUT2D eigenvalue weighted by Gasteiger charge is -2.12. The highest BCUT2D eigenvalue weighted by Crippen LogP contribution is 2.27. The van der Waals surface area contributed by atoms with Crippen molar-refractivity contribution in [2.24, 2.45) is 0 Å². The Morgan fingerprint density at radius 1 is 1.15 bits per heavy atom. The van der Waals surface area contributed by atoms with Crippen molar-refractivity contribution in [3.63, 3.8) is 0 Å². The Morgan fingerprint density at radius 2 is 1.90 bits per heavy atom. The Kier molecular flexibility index (Phi) is 5.24. The van der Waals surface area contributed by atoms with Gasteiger partial charge in [0.25, 0.3) is 0 Å². The van der Waals surface area contributed by atoms with Gasteiger partial charge in [-0.15, -0.1) is 11.8 Å². The van der Waals surface area contributed by atoms with Crippen LogP contribution in [-0.2, 0) is 6.42 Å². The fourth-order valence-corrected chi connectivity index (χ4v) is 2.46. The summed E-state index contributed by atoms with van der Waals surface area (Å²) >= 11 is 1.72. The monoisotopic (exact) mass is 288 g/mol. The molecule has 2 aromatic rings. The van der Waals surface area contributed by atoms with Crippen LogP contribution in [0, 0.1) is 0 Å². The van der Waals surface area contributed by atoms with Crippen molar-refractivity contribution in [1.29, 1.82) is 0 Å². The molecule has 0 saturated carbocycles. The summed E-state index contributed by atoms with van der Waals surface area (Å²) in [5, 5.41) is 6.47. The molecule has 0 aliphatic rings. The smallest absolute Gasteiger partial charge is 0.136 e. The van der Waals surface area contributed by atoms with Gasteiger partial charge >= 0.3 is 0 Å². The number of thioether (sulfide) groups is 1. The van der Waals surface area contributed by atoms with Gasteiger partial charge in [-0.05, 0) is 24.8 Å². The van der Waals surface area contributed by atoms with E-state index in [1.54, 1.807) is 11.8 Å². The third-order valence-electron chi connectivity index (χ3n) is 2.87. The lowest BCUT2D eigenvalue weighted by molar-refractivity contribution is 0.838. The highest BCUT2D eigenvalue weighted by atomic mass is 32.2. The molecule has 0 unspecified atom stereocenters. The summed E-state index contributed by atoms with van der Waals surface area (Å²) in [6, 6.07) is 10.1. The van der Waals surface area contributed by atoms with Gasteiger partial charge in [-0.25, -0.2) is 9.97 Å². The van der Waals surface area contributed by atoms with Gasteiger partial charge < -0.3 is 10.6 Å². The Balaban J connectivity index is 2.30. The van der Waals surface area contributed by atoms with Gasteiger partial charge in [-0.3, -0.25) is 0 Å². The summed E-state index contributed by atoms with van der Waals surface area (Å²) < 4.78 is 0. The average Bonchev–Trinajstić information content (AvgIpc) is 2.48. The maximum atomic E-state index is 4.57. The number of nitrogens with one attached hydrogen (secondary N) is 2. The van der Waals surface area contributed by atoms with E-state index in [0.29, 0.717) is 0 Å². The van der Waals surface area contributed by atoms with Gasteiger partial charge in [0, 0.05) is 24.4 Å². The second-order valence-electron chi connectivity index (χ2n) is 4.38. The normalized spacial score (nSPS) is 10.3. The van der Waals surface area contributed by atoms with Crippen molar-refractivity contribution < 1.29 is 0 Å². The molecule has 0 saturated heterocycles. The van der Waals surface area contributed by atoms with Gasteiger partial charge in [0.05, 0.1) is 5.69 Å². The molecule has 0 fully saturated rings. The zero-order valence-electron chi connectivity index (χ0n) is 12.1. The predicted molar refractivity (Wildman–Crippen MR) is 87.1 cm³/mol. The van der Waals surface area contributed by atoms with Crippen LogP contribution in [0.2, 0.25) is 0 Å². The lowest BCUT2D eigenvalue weighted by Crippen LogP contribution is -2.04. The molecule has 0 aliphatic heterocycles. The molecule has 1 heterocycles. The number of hydrogen-bond donors (Lipinski definition) is 2. The number of rotatable bonds is 6. The van der Waals surface area contributed by atoms with Crippen LogP contribution in [0.4, 0.5) is 17.3 Å². The molecule has 0 radical (unpaired) electrons. The van der Waals surface area contributed by atoms with E-state index in [9.17, 15) is 0 Å². The van der Waals surface area contributed by atoms with Crippen LogP contribution in [-0.4, -0.2) is 23.3 Å². The largest absolute Gasteiger partial charge is 0.373 e. The van der Waals surface area contributed by atoms with E-state index >= 15 is 0 Å². The highest BCUT2D eigenvalue weighted by Gasteiger charge is 2.06. The van der Waals surface area contributed by atoms with E-state index in [1.165, 1.54) is 4.90 Å². The first-order chi connectivity index (χ1) is 9.76. The number of para-hydroxylation sites is 1. The van der Waals surface area contributed by atoms with E-state index in [-0.39, 0.29) is 0 Å². The standard InChI is InChI=1S/C15H20N4S/c1-4-7-13-18-14(16-2)10-15(19-13)17-11-8-5-6-9-12(11)20-3/h5-6,8-10H,4,7H2,1-3H3,(H2,16,17,18,19). The van der Waals surface area contributed by atoms with E-state index in [1.807, 2.05) is 25.2 Å². The van der Waals surface area contributed by atoms with Crippen molar-refractivity contribution >= 4 is 29.1 Å². The number of aromatic nitrogens is 2. The number of nitrogens with zero attached hydrogens (tertiary/aromatic N) is 2. The summed E-state index contributed by atoms with van der Waals surface area (Å²) in [4.78, 5) is 10.2. The van der Waals surface area contributed by atoms with Crippen molar-refractivity contribution in [3.05, 3.63) is 36.2 Å². The summed E-state index contributed by atoms with van der Waals surface area (Å²) in [6.45, 7) is 2.13. The zero-order valence-corrected chi connectivity index (χ0v) is 12.9. The van der Waals surface area contributed by atoms with Crippen LogP contribution >= 0.6 is 11.8 Å². The van der Waals surface area contributed by atoms with Gasteiger partial charge in [0.1, 0.15) is 17.5 Å². The van der Waals surface area contributed by atoms with Crippen LogP contribution < -0.4 is 10.6 Å². The lowest BCUT2D eigenvalue weighted by atomic mass is 10.3. The van der Waals surface area contributed by atoms with Crippen LogP contribution in [0.1, 0.15) is 19.2 Å². The van der Waals surface area contributed by atoms with E-state index in [0.717, 1.165) is 36.0 Å². The van der Waals surface area contributed by atoms with E-state index in [4.69, 9.17) is 0 Å². The molecule has 1 aromatic carbocycles. The van der Waals surface area contributed by atoms with Crippen LogP contribution in [0.5, 0.6) is 0 Å². The summed E-state index contributed by atoms with van der Waals surface area (Å²) in [5.74, 6) is 2.53. The zero-order chi connectivity index (χ0) is 14.4. The quantitative estimate of drug-likeness (QED) is 0.789. The molecule has 0 spiro atoms. The van der Waals surface area contributed by atoms with Gasteiger partial charge in [-0.1, -0.05) is 19.1 Å². The second kappa shape index (κ2) is 7.14. The fourth-order valence-electron chi connectivity index (χ4n) is 1.91. The summed E-state index contributed by atoms with van der Waals surface area (Å²) in [7, 11) is 1.87. The van der Waals surface area contributed by atoms with Crippen molar-refractivity contribution in [1.82, 2.24) is 9.97 Å². The molecule has 20 heavy (non-hydrogen) atoms. The SMILES string of the molecule is CCCc1nc(NC)cc(Nc2ccccc2SC)n1. The van der Waals surface area contributed by atoms with Crippen molar-refractivity contribution in [2.75, 3.05) is 23.9 Å². The molecule has 4 nitrogen and oxygen atoms in total. The first-order valence-corrected chi connectivity index (χ1v) is 7.95.